The molecule has 0 unspecified atom stereocenters. The average Bonchev–Trinajstić information content (AvgIpc) is 3.38. The number of aromatic nitrogens is 3. The monoisotopic (exact) mass is 423 g/mol. The highest BCUT2D eigenvalue weighted by Gasteiger charge is 2.35. The quantitative estimate of drug-likeness (QED) is 0.622. The number of amides is 1. The molecule has 0 radical (unpaired) electrons. The summed E-state index contributed by atoms with van der Waals surface area (Å²) in [6, 6.07) is 9.20. The Balaban J connectivity index is 1.76. The largest absolute Gasteiger partial charge is 0.463 e. The molecule has 0 spiro atoms. The lowest BCUT2D eigenvalue weighted by Crippen LogP contribution is -2.31. The maximum Gasteiger partial charge on any atom is 0.378 e. The van der Waals surface area contributed by atoms with Crippen LogP contribution in [0.1, 0.15) is 39.6 Å². The number of benzene rings is 1. The molecule has 3 heterocycles. The van der Waals surface area contributed by atoms with Crippen LogP contribution in [0.5, 0.6) is 0 Å². The SMILES string of the molecule is COC(=O)c1nc2n(n1)[C@H](c1cccs1)C(C(=O)Nc1ccc(C)cc1C)=C(C)N2. The van der Waals surface area contributed by atoms with Crippen molar-refractivity contribution in [2.45, 2.75) is 26.8 Å². The Morgan fingerprint density at radius 3 is 2.70 bits per heavy atom. The van der Waals surface area contributed by atoms with Gasteiger partial charge in [0.1, 0.15) is 6.04 Å². The number of ether oxygens (including phenoxy) is 1. The van der Waals surface area contributed by atoms with E-state index in [1.54, 1.807) is 4.68 Å². The minimum absolute atomic E-state index is 0.0645. The van der Waals surface area contributed by atoms with Gasteiger partial charge >= 0.3 is 5.97 Å². The van der Waals surface area contributed by atoms with E-state index in [1.165, 1.54) is 18.4 Å². The number of aryl methyl sites for hydroxylation is 2. The maximum atomic E-state index is 13.4. The number of esters is 1. The predicted molar refractivity (Wildman–Crippen MR) is 115 cm³/mol. The van der Waals surface area contributed by atoms with Gasteiger partial charge in [-0.05, 0) is 43.8 Å². The molecule has 1 aromatic carbocycles. The minimum atomic E-state index is -0.637. The predicted octanol–water partition coefficient (Wildman–Crippen LogP) is 3.67. The van der Waals surface area contributed by atoms with E-state index in [4.69, 9.17) is 4.74 Å². The lowest BCUT2D eigenvalue weighted by molar-refractivity contribution is -0.113. The molecule has 2 N–H and O–H groups in total. The zero-order chi connectivity index (χ0) is 21.4. The first-order valence-electron chi connectivity index (χ1n) is 9.33. The Morgan fingerprint density at radius 2 is 2.03 bits per heavy atom. The van der Waals surface area contributed by atoms with Gasteiger partial charge in [0.2, 0.25) is 5.95 Å². The van der Waals surface area contributed by atoms with Crippen molar-refractivity contribution in [1.82, 2.24) is 14.8 Å². The van der Waals surface area contributed by atoms with Gasteiger partial charge in [-0.3, -0.25) is 4.79 Å². The van der Waals surface area contributed by atoms with Crippen molar-refractivity contribution in [1.29, 1.82) is 0 Å². The number of fused-ring (bicyclic) bond motifs is 1. The van der Waals surface area contributed by atoms with Crippen molar-refractivity contribution in [3.63, 3.8) is 0 Å². The van der Waals surface area contributed by atoms with Crippen LogP contribution in [0.25, 0.3) is 0 Å². The summed E-state index contributed by atoms with van der Waals surface area (Å²) in [6.45, 7) is 5.78. The molecule has 1 atom stereocenters. The number of nitrogens with one attached hydrogen (secondary N) is 2. The van der Waals surface area contributed by atoms with E-state index in [1.807, 2.05) is 56.5 Å². The van der Waals surface area contributed by atoms with Gasteiger partial charge in [0, 0.05) is 16.3 Å². The van der Waals surface area contributed by atoms with Crippen molar-refractivity contribution in [2.75, 3.05) is 17.7 Å². The van der Waals surface area contributed by atoms with E-state index in [-0.39, 0.29) is 11.7 Å². The standard InChI is InChI=1S/C21H21N5O3S/c1-11-7-8-14(12(2)10-11)23-19(27)16-13(3)22-21-24-18(20(28)29-4)25-26(21)17(16)15-6-5-9-30-15/h5-10,17H,1-4H3,(H,23,27)(H,22,24,25)/t17-/m1/s1. The molecule has 1 amide bonds. The van der Waals surface area contributed by atoms with Gasteiger partial charge < -0.3 is 15.4 Å². The van der Waals surface area contributed by atoms with Crippen LogP contribution in [0.4, 0.5) is 11.6 Å². The first-order chi connectivity index (χ1) is 14.4. The topological polar surface area (TPSA) is 98.1 Å². The van der Waals surface area contributed by atoms with Gasteiger partial charge in [0.25, 0.3) is 11.7 Å². The molecule has 30 heavy (non-hydrogen) atoms. The minimum Gasteiger partial charge on any atom is -0.463 e. The second-order valence-electron chi connectivity index (χ2n) is 7.05. The Morgan fingerprint density at radius 1 is 1.23 bits per heavy atom. The molecule has 1 aliphatic rings. The fourth-order valence-corrected chi connectivity index (χ4v) is 4.29. The highest BCUT2D eigenvalue weighted by molar-refractivity contribution is 7.10. The summed E-state index contributed by atoms with van der Waals surface area (Å²) in [5.41, 5.74) is 4.00. The van der Waals surface area contributed by atoms with E-state index < -0.39 is 12.0 Å². The lowest BCUT2D eigenvalue weighted by Gasteiger charge is -2.27. The van der Waals surface area contributed by atoms with Crippen LogP contribution in [0.15, 0.2) is 47.0 Å². The Labute approximate surface area is 177 Å². The molecule has 9 heteroatoms. The number of methoxy groups -OCH3 is 1. The molecule has 0 aliphatic carbocycles. The first kappa shape index (κ1) is 19.8. The molecule has 1 aliphatic heterocycles. The number of rotatable bonds is 4. The molecule has 0 bridgehead atoms. The Bertz CT molecular complexity index is 1160. The molecular weight excluding hydrogens is 402 g/mol. The van der Waals surface area contributed by atoms with Crippen LogP contribution in [0.3, 0.4) is 0 Å². The molecular formula is C21H21N5O3S. The lowest BCUT2D eigenvalue weighted by atomic mass is 10.0. The van der Waals surface area contributed by atoms with Gasteiger partial charge in [0.05, 0.1) is 12.7 Å². The smallest absolute Gasteiger partial charge is 0.378 e. The van der Waals surface area contributed by atoms with Gasteiger partial charge in [-0.1, -0.05) is 23.8 Å². The number of carbonyl (C=O) groups is 2. The molecule has 8 nitrogen and oxygen atoms in total. The molecule has 0 saturated carbocycles. The molecule has 0 saturated heterocycles. The molecule has 154 valence electrons. The number of hydrogen-bond acceptors (Lipinski definition) is 7. The average molecular weight is 423 g/mol. The van der Waals surface area contributed by atoms with Gasteiger partial charge in [0.15, 0.2) is 0 Å². The third kappa shape index (κ3) is 3.48. The summed E-state index contributed by atoms with van der Waals surface area (Å²) < 4.78 is 6.31. The van der Waals surface area contributed by atoms with E-state index in [0.717, 1.165) is 21.7 Å². The van der Waals surface area contributed by atoms with Crippen LogP contribution in [-0.4, -0.2) is 33.8 Å². The highest BCUT2D eigenvalue weighted by atomic mass is 32.1. The molecule has 4 rings (SSSR count). The third-order valence-corrected chi connectivity index (χ3v) is 5.83. The van der Waals surface area contributed by atoms with Crippen molar-refractivity contribution in [2.24, 2.45) is 0 Å². The number of nitrogens with zero attached hydrogens (tertiary/aromatic N) is 3. The van der Waals surface area contributed by atoms with Gasteiger partial charge in [-0.25, -0.2) is 9.48 Å². The second kappa shape index (κ2) is 7.75. The summed E-state index contributed by atoms with van der Waals surface area (Å²) in [7, 11) is 1.28. The van der Waals surface area contributed by atoms with Crippen LogP contribution in [-0.2, 0) is 9.53 Å². The summed E-state index contributed by atoms with van der Waals surface area (Å²) >= 11 is 1.50. The fourth-order valence-electron chi connectivity index (χ4n) is 3.48. The number of anilines is 2. The van der Waals surface area contributed by atoms with Crippen LogP contribution in [0, 0.1) is 13.8 Å². The van der Waals surface area contributed by atoms with Crippen molar-refractivity contribution in [3.05, 3.63) is 68.8 Å². The van der Waals surface area contributed by atoms with E-state index in [2.05, 4.69) is 20.7 Å². The number of carbonyl (C=O) groups excluding carboxylic acids is 2. The number of hydrogen-bond donors (Lipinski definition) is 2. The Kier molecular flexibility index (Phi) is 5.13. The summed E-state index contributed by atoms with van der Waals surface area (Å²) in [5.74, 6) is -0.562. The summed E-state index contributed by atoms with van der Waals surface area (Å²) in [6.07, 6.45) is 0. The van der Waals surface area contributed by atoms with Crippen LogP contribution < -0.4 is 10.6 Å². The second-order valence-corrected chi connectivity index (χ2v) is 8.03. The normalized spacial score (nSPS) is 15.4. The van der Waals surface area contributed by atoms with Crippen LogP contribution >= 0.6 is 11.3 Å². The third-order valence-electron chi connectivity index (χ3n) is 4.91. The van der Waals surface area contributed by atoms with Gasteiger partial charge in [-0.2, -0.15) is 4.98 Å². The molecule has 2 aromatic heterocycles. The Hall–Kier alpha value is -3.46. The zero-order valence-corrected chi connectivity index (χ0v) is 17.8. The highest BCUT2D eigenvalue weighted by Crippen LogP contribution is 2.37. The zero-order valence-electron chi connectivity index (χ0n) is 17.0. The number of allylic oxidation sites excluding steroid dienone is 1. The van der Waals surface area contributed by atoms with Crippen LogP contribution in [0.2, 0.25) is 0 Å². The number of thiophene rings is 1. The maximum absolute atomic E-state index is 13.4. The van der Waals surface area contributed by atoms with Crippen molar-refractivity contribution >= 4 is 34.8 Å². The summed E-state index contributed by atoms with van der Waals surface area (Å²) in [5, 5.41) is 12.4. The van der Waals surface area contributed by atoms with E-state index in [0.29, 0.717) is 17.2 Å². The van der Waals surface area contributed by atoms with E-state index >= 15 is 0 Å². The summed E-state index contributed by atoms with van der Waals surface area (Å²) in [4.78, 5) is 30.5. The van der Waals surface area contributed by atoms with Crippen molar-refractivity contribution in [3.8, 4) is 0 Å². The molecule has 3 aromatic rings. The van der Waals surface area contributed by atoms with Gasteiger partial charge in [-0.15, -0.1) is 16.4 Å². The van der Waals surface area contributed by atoms with Crippen molar-refractivity contribution < 1.29 is 14.3 Å². The van der Waals surface area contributed by atoms with E-state index in [9.17, 15) is 9.59 Å². The molecule has 0 fully saturated rings. The first-order valence-corrected chi connectivity index (χ1v) is 10.2. The fraction of sp³-hybridized carbons (Fsp3) is 0.238.